The Morgan fingerprint density at radius 1 is 1.29 bits per heavy atom. The van der Waals surface area contributed by atoms with E-state index in [9.17, 15) is 8.42 Å². The highest BCUT2D eigenvalue weighted by Crippen LogP contribution is 2.25. The third-order valence-electron chi connectivity index (χ3n) is 2.78. The molecular weight excluding hydrogens is 198 g/mol. The van der Waals surface area contributed by atoms with Crippen molar-refractivity contribution in [3.63, 3.8) is 0 Å². The molecule has 3 nitrogen and oxygen atoms in total. The van der Waals surface area contributed by atoms with E-state index in [4.69, 9.17) is 0 Å². The molecule has 14 heavy (non-hydrogen) atoms. The first-order valence-electron chi connectivity index (χ1n) is 5.44. The van der Waals surface area contributed by atoms with Crippen LogP contribution in [-0.4, -0.2) is 20.7 Å². The average molecular weight is 218 g/mol. The number of nitrogens with one attached hydrogen (secondary N) is 1. The van der Waals surface area contributed by atoms with Crippen LogP contribution in [0.3, 0.4) is 0 Å². The van der Waals surface area contributed by atoms with Crippen molar-refractivity contribution in [1.82, 2.24) is 4.72 Å². The Morgan fingerprint density at radius 2 is 1.93 bits per heavy atom. The summed E-state index contributed by atoms with van der Waals surface area (Å²) in [5, 5.41) is 0. The lowest BCUT2D eigenvalue weighted by molar-refractivity contribution is 0.393. The van der Waals surface area contributed by atoms with Crippen LogP contribution >= 0.6 is 0 Å². The smallest absolute Gasteiger partial charge is 0.211 e. The summed E-state index contributed by atoms with van der Waals surface area (Å²) in [4.78, 5) is 0. The molecule has 0 heterocycles. The fourth-order valence-corrected chi connectivity index (χ4v) is 2.37. The molecular formula is C10H20NO2S. The summed E-state index contributed by atoms with van der Waals surface area (Å²) in [6.45, 7) is 2.16. The van der Waals surface area contributed by atoms with E-state index in [2.05, 4.69) is 11.1 Å². The maximum Gasteiger partial charge on any atom is 0.211 e. The molecule has 0 atom stereocenters. The second-order valence-corrected chi connectivity index (χ2v) is 5.98. The van der Waals surface area contributed by atoms with Crippen molar-refractivity contribution in [1.29, 1.82) is 0 Å². The van der Waals surface area contributed by atoms with Crippen LogP contribution in [0.2, 0.25) is 0 Å². The number of hydrogen-bond donors (Lipinski definition) is 1. The molecule has 0 bridgehead atoms. The molecule has 1 saturated carbocycles. The lowest BCUT2D eigenvalue weighted by Gasteiger charge is -2.20. The summed E-state index contributed by atoms with van der Waals surface area (Å²) in [5.74, 6) is 0.800. The highest BCUT2D eigenvalue weighted by molar-refractivity contribution is 7.89. The van der Waals surface area contributed by atoms with Crippen molar-refractivity contribution >= 4 is 10.0 Å². The van der Waals surface area contributed by atoms with Gasteiger partial charge >= 0.3 is 0 Å². The van der Waals surface area contributed by atoms with Crippen molar-refractivity contribution in [2.45, 2.75) is 39.0 Å². The SMILES string of the molecule is CCS(=O)(=O)NC[CH]C1CCCCC1. The molecule has 1 radical (unpaired) electrons. The van der Waals surface area contributed by atoms with Gasteiger partial charge < -0.3 is 0 Å². The van der Waals surface area contributed by atoms with Gasteiger partial charge in [0, 0.05) is 6.54 Å². The Labute approximate surface area is 87.3 Å². The lowest BCUT2D eigenvalue weighted by Crippen LogP contribution is -2.28. The summed E-state index contributed by atoms with van der Waals surface area (Å²) in [5.41, 5.74) is 0. The van der Waals surface area contributed by atoms with E-state index < -0.39 is 10.0 Å². The van der Waals surface area contributed by atoms with Gasteiger partial charge in [0.05, 0.1) is 5.75 Å². The molecule has 1 aliphatic rings. The molecule has 0 aliphatic heterocycles. The van der Waals surface area contributed by atoms with Gasteiger partial charge in [-0.2, -0.15) is 0 Å². The maximum absolute atomic E-state index is 11.1. The Morgan fingerprint density at radius 3 is 2.50 bits per heavy atom. The van der Waals surface area contributed by atoms with Gasteiger partial charge in [0.2, 0.25) is 10.0 Å². The summed E-state index contributed by atoms with van der Waals surface area (Å²) >= 11 is 0. The second-order valence-electron chi connectivity index (χ2n) is 3.89. The Bertz CT molecular complexity index is 243. The van der Waals surface area contributed by atoms with E-state index in [0.717, 1.165) is 0 Å². The fourth-order valence-electron chi connectivity index (χ4n) is 1.81. The Kier molecular flexibility index (Phi) is 4.89. The predicted molar refractivity (Wildman–Crippen MR) is 58.3 cm³/mol. The van der Waals surface area contributed by atoms with E-state index in [1.807, 2.05) is 0 Å². The second kappa shape index (κ2) is 5.71. The Hall–Kier alpha value is -0.0900. The molecule has 0 unspecified atom stereocenters. The first kappa shape index (κ1) is 12.0. The summed E-state index contributed by atoms with van der Waals surface area (Å²) < 4.78 is 24.8. The van der Waals surface area contributed by atoms with Gasteiger partial charge in [0.15, 0.2) is 0 Å². The van der Waals surface area contributed by atoms with Crippen LogP contribution in [0.4, 0.5) is 0 Å². The van der Waals surface area contributed by atoms with E-state index in [1.54, 1.807) is 6.92 Å². The highest BCUT2D eigenvalue weighted by atomic mass is 32.2. The molecule has 1 rings (SSSR count). The van der Waals surface area contributed by atoms with Gasteiger partial charge in [-0.1, -0.05) is 32.1 Å². The van der Waals surface area contributed by atoms with Crippen LogP contribution in [0, 0.1) is 12.3 Å². The van der Waals surface area contributed by atoms with Crippen LogP contribution < -0.4 is 4.72 Å². The molecule has 83 valence electrons. The number of sulfonamides is 1. The summed E-state index contributed by atoms with van der Waals surface area (Å²) in [6, 6.07) is 0. The molecule has 4 heteroatoms. The Balaban J connectivity index is 2.14. The van der Waals surface area contributed by atoms with Gasteiger partial charge in [-0.3, -0.25) is 0 Å². The third-order valence-corrected chi connectivity index (χ3v) is 4.15. The van der Waals surface area contributed by atoms with Crippen LogP contribution in [0.25, 0.3) is 0 Å². The molecule has 1 N–H and O–H groups in total. The fraction of sp³-hybridized carbons (Fsp3) is 0.900. The topological polar surface area (TPSA) is 46.2 Å². The van der Waals surface area contributed by atoms with Gasteiger partial charge in [0.25, 0.3) is 0 Å². The molecule has 0 spiro atoms. The minimum Gasteiger partial charge on any atom is -0.215 e. The molecule has 0 amide bonds. The zero-order chi connectivity index (χ0) is 10.4. The zero-order valence-corrected chi connectivity index (χ0v) is 9.65. The molecule has 0 aromatic heterocycles. The van der Waals surface area contributed by atoms with E-state index >= 15 is 0 Å². The van der Waals surface area contributed by atoms with Crippen molar-refractivity contribution in [2.24, 2.45) is 5.92 Å². The number of hydrogen-bond acceptors (Lipinski definition) is 2. The van der Waals surface area contributed by atoms with Gasteiger partial charge in [-0.25, -0.2) is 13.1 Å². The monoisotopic (exact) mass is 218 g/mol. The average Bonchev–Trinajstić information content (AvgIpc) is 2.19. The minimum atomic E-state index is -3.00. The van der Waals surface area contributed by atoms with Crippen LogP contribution in [-0.2, 0) is 10.0 Å². The van der Waals surface area contributed by atoms with Gasteiger partial charge in [-0.05, 0) is 19.3 Å². The highest BCUT2D eigenvalue weighted by Gasteiger charge is 2.14. The number of rotatable bonds is 5. The van der Waals surface area contributed by atoms with Crippen LogP contribution in [0.1, 0.15) is 39.0 Å². The normalized spacial score (nSPS) is 19.8. The maximum atomic E-state index is 11.1. The van der Waals surface area contributed by atoms with Gasteiger partial charge in [0.1, 0.15) is 0 Å². The van der Waals surface area contributed by atoms with Crippen molar-refractivity contribution in [3.8, 4) is 0 Å². The van der Waals surface area contributed by atoms with E-state index in [0.29, 0.717) is 12.5 Å². The van der Waals surface area contributed by atoms with Crippen LogP contribution in [0.5, 0.6) is 0 Å². The molecule has 0 aromatic carbocycles. The van der Waals surface area contributed by atoms with Crippen molar-refractivity contribution in [3.05, 3.63) is 6.42 Å². The molecule has 0 aromatic rings. The zero-order valence-electron chi connectivity index (χ0n) is 8.83. The minimum absolute atomic E-state index is 0.172. The van der Waals surface area contributed by atoms with Crippen molar-refractivity contribution in [2.75, 3.05) is 12.3 Å². The van der Waals surface area contributed by atoms with E-state index in [1.165, 1.54) is 32.1 Å². The largest absolute Gasteiger partial charge is 0.215 e. The predicted octanol–water partition coefficient (Wildman–Crippen LogP) is 1.71. The summed E-state index contributed by atoms with van der Waals surface area (Å²) in [6.07, 6.45) is 8.50. The van der Waals surface area contributed by atoms with Gasteiger partial charge in [-0.15, -0.1) is 0 Å². The first-order valence-corrected chi connectivity index (χ1v) is 7.10. The molecule has 1 fully saturated rings. The molecule has 1 aliphatic carbocycles. The van der Waals surface area contributed by atoms with Crippen LogP contribution in [0.15, 0.2) is 0 Å². The standard InChI is InChI=1S/C10H20NO2S/c1-2-14(12,13)11-9-8-10-6-4-3-5-7-10/h8,10-11H,2-7,9H2,1H3. The molecule has 0 saturated heterocycles. The third kappa shape index (κ3) is 4.42. The quantitative estimate of drug-likeness (QED) is 0.763. The van der Waals surface area contributed by atoms with E-state index in [-0.39, 0.29) is 5.75 Å². The summed E-state index contributed by atoms with van der Waals surface area (Å²) in [7, 11) is -3.00. The first-order chi connectivity index (χ1) is 6.64. The van der Waals surface area contributed by atoms with Crippen molar-refractivity contribution < 1.29 is 8.42 Å². The lowest BCUT2D eigenvalue weighted by atomic mass is 9.87.